The van der Waals surface area contributed by atoms with Crippen molar-refractivity contribution in [3.8, 4) is 17.5 Å². The van der Waals surface area contributed by atoms with Crippen LogP contribution in [0.15, 0.2) is 48.7 Å². The number of benzene rings is 2. The smallest absolute Gasteiger partial charge is 0.225 e. The van der Waals surface area contributed by atoms with Gasteiger partial charge in [-0.25, -0.2) is 18.7 Å². The maximum Gasteiger partial charge on any atom is 0.225 e. The summed E-state index contributed by atoms with van der Waals surface area (Å²) in [4.78, 5) is 13.8. The van der Waals surface area contributed by atoms with E-state index < -0.39 is 11.6 Å². The van der Waals surface area contributed by atoms with Gasteiger partial charge in [0, 0.05) is 18.7 Å². The molecule has 1 aliphatic heterocycles. The van der Waals surface area contributed by atoms with Gasteiger partial charge in [-0.3, -0.25) is 0 Å². The lowest BCUT2D eigenvalue weighted by Crippen LogP contribution is -2.32. The molecule has 2 aromatic carbocycles. The number of hydrogen-bond donors (Lipinski definition) is 2. The van der Waals surface area contributed by atoms with Crippen LogP contribution in [0.1, 0.15) is 24.0 Å². The number of imidazole rings is 1. The Hall–Kier alpha value is -3.90. The zero-order chi connectivity index (χ0) is 23.5. The van der Waals surface area contributed by atoms with E-state index in [2.05, 4.69) is 26.3 Å². The Morgan fingerprint density at radius 2 is 2.03 bits per heavy atom. The van der Waals surface area contributed by atoms with E-state index in [0.29, 0.717) is 46.5 Å². The zero-order valence-electron chi connectivity index (χ0n) is 18.4. The highest BCUT2D eigenvalue weighted by Gasteiger charge is 2.21. The summed E-state index contributed by atoms with van der Waals surface area (Å²) in [6.07, 6.45) is 3.85. The minimum Gasteiger partial charge on any atom is -0.350 e. The van der Waals surface area contributed by atoms with Gasteiger partial charge in [0.25, 0.3) is 0 Å². The molecule has 1 aliphatic rings. The van der Waals surface area contributed by atoms with Crippen LogP contribution >= 0.6 is 0 Å². The van der Waals surface area contributed by atoms with Crippen LogP contribution in [0.3, 0.4) is 0 Å². The maximum atomic E-state index is 13.5. The minimum atomic E-state index is -0.893. The molecule has 1 atom stereocenters. The number of rotatable bonds is 6. The van der Waals surface area contributed by atoms with Crippen molar-refractivity contribution in [3.63, 3.8) is 0 Å². The summed E-state index contributed by atoms with van der Waals surface area (Å²) in [5, 5.41) is 16.2. The number of fused-ring (bicyclic) bond motifs is 1. The molecule has 2 N–H and O–H groups in total. The Balaban J connectivity index is 1.52. The van der Waals surface area contributed by atoms with Gasteiger partial charge in [-0.1, -0.05) is 18.2 Å². The van der Waals surface area contributed by atoms with Crippen molar-refractivity contribution < 1.29 is 8.78 Å². The molecule has 0 spiro atoms. The molecule has 0 unspecified atom stereocenters. The molecule has 172 valence electrons. The van der Waals surface area contributed by atoms with E-state index in [1.807, 2.05) is 18.2 Å². The third kappa shape index (κ3) is 4.45. The summed E-state index contributed by atoms with van der Waals surface area (Å²) < 4.78 is 28.8. The number of anilines is 1. The molecular weight excluding hydrogens is 436 g/mol. The first-order valence-electron chi connectivity index (χ1n) is 11.2. The van der Waals surface area contributed by atoms with Crippen molar-refractivity contribution >= 4 is 17.1 Å². The van der Waals surface area contributed by atoms with E-state index >= 15 is 0 Å². The third-order valence-corrected chi connectivity index (χ3v) is 6.05. The van der Waals surface area contributed by atoms with Gasteiger partial charge in [-0.2, -0.15) is 10.2 Å². The van der Waals surface area contributed by atoms with Crippen molar-refractivity contribution in [1.82, 2.24) is 24.8 Å². The number of hydrogen-bond acceptors (Lipinski definition) is 6. The van der Waals surface area contributed by atoms with E-state index in [9.17, 15) is 14.0 Å². The Kier molecular flexibility index (Phi) is 6.14. The van der Waals surface area contributed by atoms with Crippen LogP contribution in [0.5, 0.6) is 0 Å². The standard InChI is InChI=1S/C25H23F2N7/c26-20-8-7-16(10-21(20)27)13-30-25-31-14-22-24(33-25)34(15-17-4-3-9-29-12-17)23(32-22)19-6-2-1-5-18(19)11-28/h1-2,5-8,10,14,17,29H,3-4,9,12-13,15H2,(H,30,31,33)/t17-/m1/s1. The Bertz CT molecular complexity index is 1370. The SMILES string of the molecule is N#Cc1ccccc1-c1nc2cnc(NCc3ccc(F)c(F)c3)nc2n1C[C@@H]1CCCNC1. The van der Waals surface area contributed by atoms with Gasteiger partial charge in [0.15, 0.2) is 17.3 Å². The van der Waals surface area contributed by atoms with Crippen molar-refractivity contribution in [2.75, 3.05) is 18.4 Å². The number of nitrogens with zero attached hydrogens (tertiary/aromatic N) is 5. The fraction of sp³-hybridized carbons (Fsp3) is 0.280. The topological polar surface area (TPSA) is 91.5 Å². The van der Waals surface area contributed by atoms with Gasteiger partial charge in [0.05, 0.1) is 17.8 Å². The Labute approximate surface area is 195 Å². The summed E-state index contributed by atoms with van der Waals surface area (Å²) in [5.74, 6) is -0.318. The predicted octanol–water partition coefficient (Wildman–Crippen LogP) is 4.25. The largest absolute Gasteiger partial charge is 0.350 e. The summed E-state index contributed by atoms with van der Waals surface area (Å²) in [6.45, 7) is 2.88. The first-order valence-corrected chi connectivity index (χ1v) is 11.2. The summed E-state index contributed by atoms with van der Waals surface area (Å²) >= 11 is 0. The van der Waals surface area contributed by atoms with E-state index in [4.69, 9.17) is 9.97 Å². The van der Waals surface area contributed by atoms with Crippen LogP contribution in [0, 0.1) is 28.9 Å². The third-order valence-electron chi connectivity index (χ3n) is 6.05. The van der Waals surface area contributed by atoms with E-state index in [1.54, 1.807) is 12.3 Å². The van der Waals surface area contributed by atoms with E-state index in [0.717, 1.165) is 43.6 Å². The van der Waals surface area contributed by atoms with Gasteiger partial charge >= 0.3 is 0 Å². The second-order valence-electron chi connectivity index (χ2n) is 8.42. The van der Waals surface area contributed by atoms with Gasteiger partial charge in [-0.15, -0.1) is 0 Å². The summed E-state index contributed by atoms with van der Waals surface area (Å²) in [6, 6.07) is 13.4. The Morgan fingerprint density at radius 1 is 1.15 bits per heavy atom. The zero-order valence-corrected chi connectivity index (χ0v) is 18.4. The highest BCUT2D eigenvalue weighted by Crippen LogP contribution is 2.28. The number of halogens is 2. The monoisotopic (exact) mass is 459 g/mol. The lowest BCUT2D eigenvalue weighted by Gasteiger charge is -2.24. The molecule has 0 radical (unpaired) electrons. The average molecular weight is 460 g/mol. The molecule has 5 rings (SSSR count). The van der Waals surface area contributed by atoms with Gasteiger partial charge in [0.2, 0.25) is 5.95 Å². The second kappa shape index (κ2) is 9.53. The van der Waals surface area contributed by atoms with E-state index in [-0.39, 0.29) is 6.54 Å². The van der Waals surface area contributed by atoms with E-state index in [1.165, 1.54) is 6.07 Å². The van der Waals surface area contributed by atoms with Crippen LogP contribution in [-0.4, -0.2) is 32.6 Å². The predicted molar refractivity (Wildman–Crippen MR) is 125 cm³/mol. The normalized spacial score (nSPS) is 15.9. The molecule has 0 aliphatic carbocycles. The molecule has 1 saturated heterocycles. The van der Waals surface area contributed by atoms with Crippen LogP contribution in [0.2, 0.25) is 0 Å². The number of nitrogens with one attached hydrogen (secondary N) is 2. The second-order valence-corrected chi connectivity index (χ2v) is 8.42. The molecule has 1 fully saturated rings. The lowest BCUT2D eigenvalue weighted by molar-refractivity contribution is 0.341. The van der Waals surface area contributed by atoms with Gasteiger partial charge in [-0.05, 0) is 61.7 Å². The van der Waals surface area contributed by atoms with Crippen LogP contribution < -0.4 is 10.6 Å². The molecule has 7 nitrogen and oxygen atoms in total. The fourth-order valence-corrected chi connectivity index (χ4v) is 4.33. The highest BCUT2D eigenvalue weighted by atomic mass is 19.2. The average Bonchev–Trinajstić information content (AvgIpc) is 3.22. The quantitative estimate of drug-likeness (QED) is 0.448. The van der Waals surface area contributed by atoms with Crippen molar-refractivity contribution in [2.24, 2.45) is 5.92 Å². The molecule has 0 saturated carbocycles. The number of aromatic nitrogens is 4. The van der Waals surface area contributed by atoms with Crippen molar-refractivity contribution in [1.29, 1.82) is 5.26 Å². The van der Waals surface area contributed by atoms with Crippen molar-refractivity contribution in [3.05, 3.63) is 71.4 Å². The van der Waals surface area contributed by atoms with Crippen LogP contribution in [0.25, 0.3) is 22.6 Å². The van der Waals surface area contributed by atoms with Crippen LogP contribution in [-0.2, 0) is 13.1 Å². The lowest BCUT2D eigenvalue weighted by atomic mass is 9.99. The number of piperidine rings is 1. The minimum absolute atomic E-state index is 0.244. The fourth-order valence-electron chi connectivity index (χ4n) is 4.33. The first-order chi connectivity index (χ1) is 16.6. The highest BCUT2D eigenvalue weighted by molar-refractivity contribution is 5.79. The molecule has 4 aromatic rings. The Morgan fingerprint density at radius 3 is 2.82 bits per heavy atom. The summed E-state index contributed by atoms with van der Waals surface area (Å²) in [5.41, 5.74) is 3.17. The maximum absolute atomic E-state index is 13.5. The molecule has 0 amide bonds. The summed E-state index contributed by atoms with van der Waals surface area (Å²) in [7, 11) is 0. The van der Waals surface area contributed by atoms with Gasteiger partial charge < -0.3 is 15.2 Å². The molecule has 3 heterocycles. The molecular formula is C25H23F2N7. The van der Waals surface area contributed by atoms with Crippen molar-refractivity contribution in [2.45, 2.75) is 25.9 Å². The van der Waals surface area contributed by atoms with Gasteiger partial charge in [0.1, 0.15) is 11.3 Å². The molecule has 34 heavy (non-hydrogen) atoms. The molecule has 0 bridgehead atoms. The molecule has 2 aromatic heterocycles. The van der Waals surface area contributed by atoms with Crippen LogP contribution in [0.4, 0.5) is 14.7 Å². The number of nitriles is 1. The first kappa shape index (κ1) is 21.9. The molecule has 9 heteroatoms.